The highest BCUT2D eigenvalue weighted by molar-refractivity contribution is 5.75. The summed E-state index contributed by atoms with van der Waals surface area (Å²) in [6, 6.07) is 0. The molecular formula is C10H18N4O2. The number of nitrogen functional groups attached to an aromatic ring is 1. The number of carbonyl (C=O) groups is 1. The summed E-state index contributed by atoms with van der Waals surface area (Å²) in [5.74, 6) is 0.0132. The zero-order valence-corrected chi connectivity index (χ0v) is 9.72. The quantitative estimate of drug-likeness (QED) is 0.691. The summed E-state index contributed by atoms with van der Waals surface area (Å²) < 4.78 is 6.45. The van der Waals surface area contributed by atoms with Gasteiger partial charge in [-0.05, 0) is 6.42 Å². The molecule has 1 rings (SSSR count). The van der Waals surface area contributed by atoms with Crippen molar-refractivity contribution in [2.75, 3.05) is 33.0 Å². The highest BCUT2D eigenvalue weighted by Crippen LogP contribution is 1.99. The number of nitrogens with zero attached hydrogens (tertiary/aromatic N) is 3. The maximum atomic E-state index is 11.7. The summed E-state index contributed by atoms with van der Waals surface area (Å²) in [7, 11) is 3.42. The molecule has 0 saturated heterocycles. The predicted octanol–water partition coefficient (Wildman–Crippen LogP) is -0.0398. The summed E-state index contributed by atoms with van der Waals surface area (Å²) in [5, 5.41) is 3.95. The van der Waals surface area contributed by atoms with Gasteiger partial charge >= 0.3 is 0 Å². The fraction of sp³-hybridized carbons (Fsp3) is 0.600. The van der Waals surface area contributed by atoms with E-state index in [-0.39, 0.29) is 12.5 Å². The Balaban J connectivity index is 2.34. The number of hydrogen-bond donors (Lipinski definition) is 1. The molecule has 90 valence electrons. The Morgan fingerprint density at radius 2 is 2.44 bits per heavy atom. The first-order valence-corrected chi connectivity index (χ1v) is 5.14. The van der Waals surface area contributed by atoms with Crippen molar-refractivity contribution in [1.82, 2.24) is 14.7 Å². The van der Waals surface area contributed by atoms with Crippen LogP contribution in [0.15, 0.2) is 12.4 Å². The van der Waals surface area contributed by atoms with Gasteiger partial charge in [0.2, 0.25) is 5.91 Å². The molecule has 0 aliphatic carbocycles. The van der Waals surface area contributed by atoms with Crippen LogP contribution >= 0.6 is 0 Å². The molecule has 1 aromatic rings. The fourth-order valence-corrected chi connectivity index (χ4v) is 1.30. The van der Waals surface area contributed by atoms with Crippen molar-refractivity contribution in [3.63, 3.8) is 0 Å². The van der Waals surface area contributed by atoms with E-state index in [1.165, 1.54) is 10.9 Å². The molecule has 0 unspecified atom stereocenters. The lowest BCUT2D eigenvalue weighted by Crippen LogP contribution is -2.31. The third kappa shape index (κ3) is 3.90. The summed E-state index contributed by atoms with van der Waals surface area (Å²) in [5.41, 5.74) is 6.07. The molecule has 0 bridgehead atoms. The van der Waals surface area contributed by atoms with Crippen LogP contribution in [0.4, 0.5) is 5.69 Å². The van der Waals surface area contributed by atoms with Crippen molar-refractivity contribution in [3.8, 4) is 0 Å². The number of anilines is 1. The van der Waals surface area contributed by atoms with Gasteiger partial charge in [0.15, 0.2) is 0 Å². The molecular weight excluding hydrogens is 208 g/mol. The molecule has 0 atom stereocenters. The van der Waals surface area contributed by atoms with E-state index in [9.17, 15) is 4.79 Å². The minimum Gasteiger partial charge on any atom is -0.396 e. The SMILES string of the molecule is COCCCN(C)C(=O)Cn1cc(N)cn1. The Morgan fingerprint density at radius 3 is 3.00 bits per heavy atom. The van der Waals surface area contributed by atoms with Gasteiger partial charge in [-0.3, -0.25) is 9.48 Å². The van der Waals surface area contributed by atoms with Crippen molar-refractivity contribution in [2.24, 2.45) is 0 Å². The highest BCUT2D eigenvalue weighted by atomic mass is 16.5. The molecule has 6 heteroatoms. The first-order valence-electron chi connectivity index (χ1n) is 5.14. The molecule has 0 aromatic carbocycles. The summed E-state index contributed by atoms with van der Waals surface area (Å²) in [6.45, 7) is 1.57. The molecule has 6 nitrogen and oxygen atoms in total. The summed E-state index contributed by atoms with van der Waals surface area (Å²) in [6.07, 6.45) is 4.00. The second-order valence-electron chi connectivity index (χ2n) is 3.63. The van der Waals surface area contributed by atoms with Gasteiger partial charge in [-0.1, -0.05) is 0 Å². The number of rotatable bonds is 6. The number of methoxy groups -OCH3 is 1. The Hall–Kier alpha value is -1.56. The maximum Gasteiger partial charge on any atom is 0.244 e. The highest BCUT2D eigenvalue weighted by Gasteiger charge is 2.09. The minimum atomic E-state index is 0.0132. The fourth-order valence-electron chi connectivity index (χ4n) is 1.30. The van der Waals surface area contributed by atoms with Crippen LogP contribution < -0.4 is 5.73 Å². The maximum absolute atomic E-state index is 11.7. The molecule has 2 N–H and O–H groups in total. The van der Waals surface area contributed by atoms with E-state index in [1.807, 2.05) is 0 Å². The largest absolute Gasteiger partial charge is 0.396 e. The molecule has 1 heterocycles. The molecule has 0 saturated carbocycles. The average molecular weight is 226 g/mol. The number of aromatic nitrogens is 2. The lowest BCUT2D eigenvalue weighted by Gasteiger charge is -2.16. The molecule has 16 heavy (non-hydrogen) atoms. The van der Waals surface area contributed by atoms with Crippen LogP contribution in [-0.2, 0) is 16.1 Å². The Bertz CT molecular complexity index is 337. The van der Waals surface area contributed by atoms with Crippen LogP contribution in [0.25, 0.3) is 0 Å². The summed E-state index contributed by atoms with van der Waals surface area (Å²) in [4.78, 5) is 13.4. The van der Waals surface area contributed by atoms with Gasteiger partial charge < -0.3 is 15.4 Å². The van der Waals surface area contributed by atoms with E-state index in [4.69, 9.17) is 10.5 Å². The zero-order chi connectivity index (χ0) is 12.0. The van der Waals surface area contributed by atoms with Gasteiger partial charge in [0.05, 0.1) is 11.9 Å². The molecule has 1 aromatic heterocycles. The molecule has 0 spiro atoms. The van der Waals surface area contributed by atoms with Crippen molar-refractivity contribution in [3.05, 3.63) is 12.4 Å². The van der Waals surface area contributed by atoms with Crippen LogP contribution in [0.5, 0.6) is 0 Å². The van der Waals surface area contributed by atoms with E-state index >= 15 is 0 Å². The first-order chi connectivity index (χ1) is 7.63. The van der Waals surface area contributed by atoms with Crippen LogP contribution in [-0.4, -0.2) is 47.9 Å². The second kappa shape index (κ2) is 6.12. The van der Waals surface area contributed by atoms with Gasteiger partial charge in [0.1, 0.15) is 6.54 Å². The number of nitrogens with two attached hydrogens (primary N) is 1. The third-order valence-corrected chi connectivity index (χ3v) is 2.22. The van der Waals surface area contributed by atoms with Gasteiger partial charge in [0, 0.05) is 33.5 Å². The lowest BCUT2D eigenvalue weighted by atomic mass is 10.4. The predicted molar refractivity (Wildman–Crippen MR) is 60.8 cm³/mol. The van der Waals surface area contributed by atoms with Crippen LogP contribution in [0.1, 0.15) is 6.42 Å². The average Bonchev–Trinajstić information content (AvgIpc) is 2.64. The van der Waals surface area contributed by atoms with E-state index in [0.717, 1.165) is 6.42 Å². The van der Waals surface area contributed by atoms with E-state index in [0.29, 0.717) is 18.8 Å². The van der Waals surface area contributed by atoms with Crippen LogP contribution in [0, 0.1) is 0 Å². The Morgan fingerprint density at radius 1 is 1.69 bits per heavy atom. The third-order valence-electron chi connectivity index (χ3n) is 2.22. The zero-order valence-electron chi connectivity index (χ0n) is 9.72. The van der Waals surface area contributed by atoms with Crippen molar-refractivity contribution < 1.29 is 9.53 Å². The van der Waals surface area contributed by atoms with Crippen molar-refractivity contribution >= 4 is 11.6 Å². The van der Waals surface area contributed by atoms with Gasteiger partial charge in [0.25, 0.3) is 0 Å². The number of likely N-dealkylation sites (N-methyl/N-ethyl adjacent to an activating group) is 1. The molecule has 0 fully saturated rings. The van der Waals surface area contributed by atoms with Crippen molar-refractivity contribution in [2.45, 2.75) is 13.0 Å². The smallest absolute Gasteiger partial charge is 0.244 e. The Kier molecular flexibility index (Phi) is 4.78. The topological polar surface area (TPSA) is 73.4 Å². The number of amides is 1. The second-order valence-corrected chi connectivity index (χ2v) is 3.63. The summed E-state index contributed by atoms with van der Waals surface area (Å²) >= 11 is 0. The normalized spacial score (nSPS) is 10.4. The molecule has 0 radical (unpaired) electrons. The first kappa shape index (κ1) is 12.5. The van der Waals surface area contributed by atoms with E-state index < -0.39 is 0 Å². The van der Waals surface area contributed by atoms with E-state index in [2.05, 4.69) is 5.10 Å². The van der Waals surface area contributed by atoms with Gasteiger partial charge in [-0.25, -0.2) is 0 Å². The van der Waals surface area contributed by atoms with Crippen LogP contribution in [0.3, 0.4) is 0 Å². The number of ether oxygens (including phenoxy) is 1. The van der Waals surface area contributed by atoms with Crippen LogP contribution in [0.2, 0.25) is 0 Å². The molecule has 0 aliphatic rings. The Labute approximate surface area is 95.0 Å². The standard InChI is InChI=1S/C10H18N4O2/c1-13(4-3-5-16-2)10(15)8-14-7-9(11)6-12-14/h6-7H,3-5,8,11H2,1-2H3. The monoisotopic (exact) mass is 226 g/mol. The molecule has 0 aliphatic heterocycles. The number of carbonyl (C=O) groups excluding carboxylic acids is 1. The minimum absolute atomic E-state index is 0.0132. The lowest BCUT2D eigenvalue weighted by molar-refractivity contribution is -0.130. The number of hydrogen-bond acceptors (Lipinski definition) is 4. The van der Waals surface area contributed by atoms with Gasteiger partial charge in [-0.15, -0.1) is 0 Å². The van der Waals surface area contributed by atoms with Crippen molar-refractivity contribution in [1.29, 1.82) is 0 Å². The molecule has 1 amide bonds. The van der Waals surface area contributed by atoms with Gasteiger partial charge in [-0.2, -0.15) is 5.10 Å². The van der Waals surface area contributed by atoms with E-state index in [1.54, 1.807) is 25.3 Å².